The molecule has 0 bridgehead atoms. The second-order valence-electron chi connectivity index (χ2n) is 3.02. The summed E-state index contributed by atoms with van der Waals surface area (Å²) in [4.78, 5) is 15.3. The molecule has 0 spiro atoms. The SMILES string of the molecule is CCOC(=O)c1c(CCl)cc(I)nc1C(F)F. The largest absolute Gasteiger partial charge is 0.462 e. The van der Waals surface area contributed by atoms with E-state index >= 15 is 0 Å². The van der Waals surface area contributed by atoms with E-state index < -0.39 is 18.1 Å². The van der Waals surface area contributed by atoms with Crippen LogP contribution in [0.15, 0.2) is 6.07 Å². The predicted molar refractivity (Wildman–Crippen MR) is 67.4 cm³/mol. The Hall–Kier alpha value is -0.500. The number of pyridine rings is 1. The smallest absolute Gasteiger partial charge is 0.340 e. The van der Waals surface area contributed by atoms with Gasteiger partial charge in [-0.15, -0.1) is 11.6 Å². The Balaban J connectivity index is 3.36. The van der Waals surface area contributed by atoms with Gasteiger partial charge in [-0.25, -0.2) is 18.6 Å². The predicted octanol–water partition coefficient (Wildman–Crippen LogP) is 3.54. The fraction of sp³-hybridized carbons (Fsp3) is 0.400. The third-order valence-corrected chi connectivity index (χ3v) is 2.77. The molecule has 0 radical (unpaired) electrons. The number of ether oxygens (including phenoxy) is 1. The normalized spacial score (nSPS) is 10.7. The van der Waals surface area contributed by atoms with Gasteiger partial charge >= 0.3 is 5.97 Å². The van der Waals surface area contributed by atoms with Gasteiger partial charge in [-0.1, -0.05) is 0 Å². The van der Waals surface area contributed by atoms with E-state index in [4.69, 9.17) is 16.3 Å². The lowest BCUT2D eigenvalue weighted by Gasteiger charge is -2.11. The van der Waals surface area contributed by atoms with Crippen LogP contribution in [0.1, 0.15) is 35.0 Å². The van der Waals surface area contributed by atoms with Gasteiger partial charge in [-0.3, -0.25) is 0 Å². The van der Waals surface area contributed by atoms with Crippen molar-refractivity contribution in [3.63, 3.8) is 0 Å². The van der Waals surface area contributed by atoms with E-state index in [-0.39, 0.29) is 18.1 Å². The number of hydrogen-bond acceptors (Lipinski definition) is 3. The maximum Gasteiger partial charge on any atom is 0.340 e. The minimum atomic E-state index is -2.84. The average molecular weight is 376 g/mol. The molecule has 0 amide bonds. The molecule has 0 N–H and O–H groups in total. The van der Waals surface area contributed by atoms with Gasteiger partial charge in [0.1, 0.15) is 9.39 Å². The summed E-state index contributed by atoms with van der Waals surface area (Å²) in [7, 11) is 0. The van der Waals surface area contributed by atoms with Gasteiger partial charge in [-0.2, -0.15) is 0 Å². The topological polar surface area (TPSA) is 39.2 Å². The number of nitrogens with zero attached hydrogens (tertiary/aromatic N) is 1. The highest BCUT2D eigenvalue weighted by molar-refractivity contribution is 14.1. The molecule has 7 heteroatoms. The van der Waals surface area contributed by atoms with E-state index in [0.717, 1.165) is 0 Å². The summed E-state index contributed by atoms with van der Waals surface area (Å²) in [6.07, 6.45) is -2.84. The molecule has 94 valence electrons. The number of aromatic nitrogens is 1. The molecule has 1 aromatic heterocycles. The van der Waals surface area contributed by atoms with Crippen LogP contribution in [-0.4, -0.2) is 17.6 Å². The Morgan fingerprint density at radius 3 is 2.76 bits per heavy atom. The number of esters is 1. The van der Waals surface area contributed by atoms with Crippen molar-refractivity contribution in [1.82, 2.24) is 4.98 Å². The van der Waals surface area contributed by atoms with Crippen molar-refractivity contribution in [2.45, 2.75) is 19.2 Å². The molecule has 0 aromatic carbocycles. The Bertz CT molecular complexity index is 429. The first kappa shape index (κ1) is 14.6. The maximum absolute atomic E-state index is 12.8. The molecule has 0 unspecified atom stereocenters. The van der Waals surface area contributed by atoms with E-state index in [9.17, 15) is 13.6 Å². The van der Waals surface area contributed by atoms with Crippen molar-refractivity contribution in [2.24, 2.45) is 0 Å². The van der Waals surface area contributed by atoms with E-state index in [1.165, 1.54) is 6.07 Å². The van der Waals surface area contributed by atoms with Gasteiger partial charge in [0.25, 0.3) is 6.43 Å². The number of hydrogen-bond donors (Lipinski definition) is 0. The van der Waals surface area contributed by atoms with Crippen LogP contribution >= 0.6 is 34.2 Å². The van der Waals surface area contributed by atoms with E-state index in [2.05, 4.69) is 4.98 Å². The summed E-state index contributed by atoms with van der Waals surface area (Å²) in [5.74, 6) is -0.866. The van der Waals surface area contributed by atoms with Crippen LogP contribution in [-0.2, 0) is 10.6 Å². The molecule has 3 nitrogen and oxygen atoms in total. The van der Waals surface area contributed by atoms with Crippen LogP contribution in [0.4, 0.5) is 8.78 Å². The van der Waals surface area contributed by atoms with Gasteiger partial charge in [0.05, 0.1) is 12.2 Å². The third kappa shape index (κ3) is 3.48. The van der Waals surface area contributed by atoms with Crippen molar-refractivity contribution in [2.75, 3.05) is 6.61 Å². The Kier molecular flexibility index (Phi) is 5.51. The monoisotopic (exact) mass is 375 g/mol. The highest BCUT2D eigenvalue weighted by Crippen LogP contribution is 2.27. The Morgan fingerprint density at radius 2 is 2.29 bits per heavy atom. The number of carbonyl (C=O) groups is 1. The van der Waals surface area contributed by atoms with Crippen LogP contribution in [0, 0.1) is 3.70 Å². The standard InChI is InChI=1S/C10H9ClF2INO2/c1-2-17-10(16)7-5(4-11)3-6(14)15-8(7)9(12)13/h3,9H,2,4H2,1H3. The Morgan fingerprint density at radius 1 is 1.65 bits per heavy atom. The molecular formula is C10H9ClF2INO2. The highest BCUT2D eigenvalue weighted by atomic mass is 127. The first-order valence-corrected chi connectivity index (χ1v) is 6.33. The fourth-order valence-corrected chi connectivity index (χ4v) is 2.13. The number of rotatable bonds is 4. The van der Waals surface area contributed by atoms with Crippen molar-refractivity contribution in [3.8, 4) is 0 Å². The van der Waals surface area contributed by atoms with E-state index in [0.29, 0.717) is 9.26 Å². The fourth-order valence-electron chi connectivity index (χ4n) is 1.29. The van der Waals surface area contributed by atoms with Crippen molar-refractivity contribution < 1.29 is 18.3 Å². The molecule has 1 heterocycles. The summed E-state index contributed by atoms with van der Waals surface area (Å²) >= 11 is 7.44. The molecule has 0 saturated carbocycles. The van der Waals surface area contributed by atoms with Crippen molar-refractivity contribution in [3.05, 3.63) is 26.6 Å². The lowest BCUT2D eigenvalue weighted by Crippen LogP contribution is -2.14. The average Bonchev–Trinajstić information content (AvgIpc) is 2.27. The zero-order chi connectivity index (χ0) is 13.0. The minimum absolute atomic E-state index is 0.0492. The second kappa shape index (κ2) is 6.44. The summed E-state index contributed by atoms with van der Waals surface area (Å²) in [5, 5.41) is 0. The summed E-state index contributed by atoms with van der Waals surface area (Å²) in [5.41, 5.74) is -0.497. The van der Waals surface area contributed by atoms with Crippen LogP contribution in [0.2, 0.25) is 0 Å². The number of alkyl halides is 3. The van der Waals surface area contributed by atoms with Gasteiger partial charge in [0.15, 0.2) is 0 Å². The first-order valence-electron chi connectivity index (χ1n) is 4.71. The van der Waals surface area contributed by atoms with E-state index in [1.807, 2.05) is 0 Å². The number of halogens is 4. The number of carbonyl (C=O) groups excluding carboxylic acids is 1. The second-order valence-corrected chi connectivity index (χ2v) is 4.39. The lowest BCUT2D eigenvalue weighted by atomic mass is 10.1. The van der Waals surface area contributed by atoms with Crippen LogP contribution in [0.5, 0.6) is 0 Å². The third-order valence-electron chi connectivity index (χ3n) is 1.93. The zero-order valence-corrected chi connectivity index (χ0v) is 11.8. The maximum atomic E-state index is 12.8. The molecule has 0 aliphatic heterocycles. The quantitative estimate of drug-likeness (QED) is 0.350. The molecule has 0 saturated heterocycles. The van der Waals surface area contributed by atoms with E-state index in [1.54, 1.807) is 29.5 Å². The molecule has 0 fully saturated rings. The minimum Gasteiger partial charge on any atom is -0.462 e. The molecule has 17 heavy (non-hydrogen) atoms. The van der Waals surface area contributed by atoms with Crippen LogP contribution in [0.25, 0.3) is 0 Å². The summed E-state index contributed by atoms with van der Waals surface area (Å²) in [6, 6.07) is 1.49. The lowest BCUT2D eigenvalue weighted by molar-refractivity contribution is 0.0512. The first-order chi connectivity index (χ1) is 8.01. The molecule has 0 aliphatic rings. The van der Waals surface area contributed by atoms with Crippen molar-refractivity contribution in [1.29, 1.82) is 0 Å². The summed E-state index contributed by atoms with van der Waals surface area (Å²) in [6.45, 7) is 1.70. The molecule has 0 atom stereocenters. The van der Waals surface area contributed by atoms with Crippen LogP contribution < -0.4 is 0 Å². The molecule has 1 rings (SSSR count). The van der Waals surface area contributed by atoms with Crippen molar-refractivity contribution >= 4 is 40.2 Å². The Labute approximate surface area is 116 Å². The van der Waals surface area contributed by atoms with Gasteiger partial charge in [-0.05, 0) is 41.1 Å². The van der Waals surface area contributed by atoms with Gasteiger partial charge < -0.3 is 4.74 Å². The van der Waals surface area contributed by atoms with Crippen LogP contribution in [0.3, 0.4) is 0 Å². The van der Waals surface area contributed by atoms with Gasteiger partial charge in [0.2, 0.25) is 0 Å². The molecule has 1 aromatic rings. The molecular weight excluding hydrogens is 366 g/mol. The summed E-state index contributed by atoms with van der Waals surface area (Å²) < 4.78 is 30.7. The van der Waals surface area contributed by atoms with Gasteiger partial charge in [0, 0.05) is 5.88 Å². The highest BCUT2D eigenvalue weighted by Gasteiger charge is 2.25. The molecule has 0 aliphatic carbocycles. The zero-order valence-electron chi connectivity index (χ0n) is 8.84.